The van der Waals surface area contributed by atoms with E-state index in [0.717, 1.165) is 25.7 Å². The summed E-state index contributed by atoms with van der Waals surface area (Å²) >= 11 is 0. The molecule has 0 aliphatic heterocycles. The van der Waals surface area contributed by atoms with Crippen LogP contribution in [0.25, 0.3) is 0 Å². The molecule has 182 valence electrons. The van der Waals surface area contributed by atoms with Crippen LogP contribution >= 0.6 is 0 Å². The van der Waals surface area contributed by atoms with Crippen LogP contribution in [0.5, 0.6) is 0 Å². The standard InChI is InChI=1S/C29H36O5/c1-18-15-24-22-10-9-20-16-21(31)11-13-27(20,2)23(22)12-14-28(24,3)29(18,25(32)17-30)34-26(33)19-7-5-4-6-8-19/h4-8,12,18,20,22,24,30H,9-11,13-17H2,1-3H3/t18-,20-,22+,24-,27-,28-,29+/m0/s1. The zero-order valence-electron chi connectivity index (χ0n) is 20.5. The predicted molar refractivity (Wildman–Crippen MR) is 128 cm³/mol. The molecule has 0 spiro atoms. The average Bonchev–Trinajstić information content (AvgIpc) is 3.06. The molecule has 4 aliphatic rings. The molecule has 5 nitrogen and oxygen atoms in total. The van der Waals surface area contributed by atoms with Gasteiger partial charge in [0.05, 0.1) is 5.56 Å². The van der Waals surface area contributed by atoms with Crippen molar-refractivity contribution in [2.45, 2.75) is 71.3 Å². The molecule has 7 atom stereocenters. The van der Waals surface area contributed by atoms with Crippen molar-refractivity contribution in [3.63, 3.8) is 0 Å². The molecule has 34 heavy (non-hydrogen) atoms. The smallest absolute Gasteiger partial charge is 0.339 e. The second-order valence-electron chi connectivity index (χ2n) is 11.6. The van der Waals surface area contributed by atoms with Crippen LogP contribution in [-0.2, 0) is 14.3 Å². The van der Waals surface area contributed by atoms with E-state index < -0.39 is 29.4 Å². The summed E-state index contributed by atoms with van der Waals surface area (Å²) in [4.78, 5) is 38.9. The van der Waals surface area contributed by atoms with Crippen molar-refractivity contribution >= 4 is 17.5 Å². The van der Waals surface area contributed by atoms with Gasteiger partial charge in [0.25, 0.3) is 0 Å². The topological polar surface area (TPSA) is 80.7 Å². The van der Waals surface area contributed by atoms with Gasteiger partial charge in [-0.2, -0.15) is 0 Å². The van der Waals surface area contributed by atoms with Crippen LogP contribution in [0.3, 0.4) is 0 Å². The molecule has 0 saturated heterocycles. The Labute approximate surface area is 202 Å². The fourth-order valence-corrected chi connectivity index (χ4v) is 8.41. The molecule has 4 aliphatic carbocycles. The summed E-state index contributed by atoms with van der Waals surface area (Å²) in [5, 5.41) is 10.0. The highest BCUT2D eigenvalue weighted by atomic mass is 16.6. The van der Waals surface area contributed by atoms with E-state index in [1.807, 2.05) is 13.0 Å². The molecule has 1 aromatic carbocycles. The third-order valence-corrected chi connectivity index (χ3v) is 10.2. The van der Waals surface area contributed by atoms with Crippen molar-refractivity contribution in [1.29, 1.82) is 0 Å². The number of allylic oxidation sites excluding steroid dienone is 2. The minimum atomic E-state index is -1.36. The summed E-state index contributed by atoms with van der Waals surface area (Å²) in [5.41, 5.74) is -0.0273. The predicted octanol–water partition coefficient (Wildman–Crippen LogP) is 4.92. The third-order valence-electron chi connectivity index (χ3n) is 10.2. The molecule has 0 heterocycles. The minimum absolute atomic E-state index is 0.0361. The number of carbonyl (C=O) groups is 3. The lowest BCUT2D eigenvalue weighted by atomic mass is 9.48. The number of hydrogen-bond acceptors (Lipinski definition) is 5. The maximum absolute atomic E-state index is 13.5. The van der Waals surface area contributed by atoms with E-state index in [4.69, 9.17) is 4.74 Å². The summed E-state index contributed by atoms with van der Waals surface area (Å²) in [7, 11) is 0. The Hall–Kier alpha value is -2.27. The van der Waals surface area contributed by atoms with E-state index in [1.54, 1.807) is 24.3 Å². The van der Waals surface area contributed by atoms with E-state index in [-0.39, 0.29) is 17.3 Å². The first kappa shape index (κ1) is 23.5. The highest BCUT2D eigenvalue weighted by molar-refractivity contribution is 5.96. The Balaban J connectivity index is 1.55. The zero-order valence-corrected chi connectivity index (χ0v) is 20.5. The van der Waals surface area contributed by atoms with Gasteiger partial charge in [-0.1, -0.05) is 50.6 Å². The van der Waals surface area contributed by atoms with Crippen LogP contribution in [0.15, 0.2) is 42.0 Å². The molecule has 0 unspecified atom stereocenters. The number of aliphatic hydroxyl groups excluding tert-OH is 1. The van der Waals surface area contributed by atoms with Gasteiger partial charge >= 0.3 is 5.97 Å². The van der Waals surface area contributed by atoms with Gasteiger partial charge in [-0.05, 0) is 67.4 Å². The number of fused-ring (bicyclic) bond motifs is 5. The van der Waals surface area contributed by atoms with E-state index in [2.05, 4.69) is 19.9 Å². The molecule has 1 aromatic rings. The van der Waals surface area contributed by atoms with Gasteiger partial charge in [0.15, 0.2) is 5.60 Å². The number of rotatable bonds is 4. The molecular weight excluding hydrogens is 428 g/mol. The maximum Gasteiger partial charge on any atom is 0.339 e. The fourth-order valence-electron chi connectivity index (χ4n) is 8.41. The van der Waals surface area contributed by atoms with Gasteiger partial charge in [0.2, 0.25) is 5.78 Å². The Morgan fingerprint density at radius 2 is 1.88 bits per heavy atom. The second-order valence-corrected chi connectivity index (χ2v) is 11.6. The van der Waals surface area contributed by atoms with Crippen molar-refractivity contribution in [2.75, 3.05) is 6.61 Å². The van der Waals surface area contributed by atoms with Gasteiger partial charge in [-0.3, -0.25) is 9.59 Å². The van der Waals surface area contributed by atoms with E-state index >= 15 is 0 Å². The van der Waals surface area contributed by atoms with E-state index in [1.165, 1.54) is 5.57 Å². The molecule has 0 aromatic heterocycles. The molecule has 0 amide bonds. The van der Waals surface area contributed by atoms with Gasteiger partial charge in [0, 0.05) is 24.2 Å². The number of carbonyl (C=O) groups excluding carboxylic acids is 3. The first-order chi connectivity index (χ1) is 16.2. The number of hydrogen-bond donors (Lipinski definition) is 1. The Kier molecular flexibility index (Phi) is 5.63. The van der Waals surface area contributed by atoms with Crippen LogP contribution in [0.1, 0.15) is 76.1 Å². The van der Waals surface area contributed by atoms with Crippen LogP contribution in [-0.4, -0.2) is 34.9 Å². The summed E-state index contributed by atoms with van der Waals surface area (Å²) < 4.78 is 6.23. The lowest BCUT2D eigenvalue weighted by Crippen LogP contribution is -2.60. The first-order valence-corrected chi connectivity index (χ1v) is 12.8. The molecule has 5 rings (SSSR count). The van der Waals surface area contributed by atoms with Crippen molar-refractivity contribution in [1.82, 2.24) is 0 Å². The van der Waals surface area contributed by atoms with Crippen LogP contribution in [0, 0.1) is 34.5 Å². The van der Waals surface area contributed by atoms with Crippen molar-refractivity contribution < 1.29 is 24.2 Å². The van der Waals surface area contributed by atoms with Gasteiger partial charge in [0.1, 0.15) is 12.4 Å². The Morgan fingerprint density at radius 3 is 2.59 bits per heavy atom. The van der Waals surface area contributed by atoms with Crippen molar-refractivity contribution in [3.8, 4) is 0 Å². The first-order valence-electron chi connectivity index (χ1n) is 12.8. The molecule has 3 fully saturated rings. The number of aliphatic hydroxyl groups is 1. The summed E-state index contributed by atoms with van der Waals surface area (Å²) in [6.45, 7) is 5.79. The van der Waals surface area contributed by atoms with E-state index in [0.29, 0.717) is 42.4 Å². The van der Waals surface area contributed by atoms with Crippen LogP contribution < -0.4 is 0 Å². The number of ether oxygens (including phenoxy) is 1. The lowest BCUT2D eigenvalue weighted by Gasteiger charge is -2.57. The average molecular weight is 465 g/mol. The molecule has 1 N–H and O–H groups in total. The van der Waals surface area contributed by atoms with E-state index in [9.17, 15) is 19.5 Å². The largest absolute Gasteiger partial charge is 0.446 e. The minimum Gasteiger partial charge on any atom is -0.446 e. The summed E-state index contributed by atoms with van der Waals surface area (Å²) in [5.74, 6) is 0.204. The van der Waals surface area contributed by atoms with Gasteiger partial charge in [-0.15, -0.1) is 0 Å². The Bertz CT molecular complexity index is 1040. The monoisotopic (exact) mass is 464 g/mol. The lowest BCUT2D eigenvalue weighted by molar-refractivity contribution is -0.163. The summed E-state index contributed by atoms with van der Waals surface area (Å²) in [6.07, 6.45) is 8.00. The summed E-state index contributed by atoms with van der Waals surface area (Å²) in [6, 6.07) is 8.80. The molecule has 3 saturated carbocycles. The molecule has 0 radical (unpaired) electrons. The SMILES string of the molecule is C[C@H]1C[C@H]2[C@@H]3CC[C@H]4CC(=O)CC[C@]4(C)C3=CC[C@]2(C)[C@]1(OC(=O)c1ccccc1)C(=O)CO. The molecule has 5 heteroatoms. The zero-order chi connectivity index (χ0) is 24.3. The van der Waals surface area contributed by atoms with Crippen LogP contribution in [0.4, 0.5) is 0 Å². The normalized spacial score (nSPS) is 41.1. The van der Waals surface area contributed by atoms with Gasteiger partial charge in [-0.25, -0.2) is 4.79 Å². The second kappa shape index (κ2) is 8.15. The third kappa shape index (κ3) is 3.12. The number of Topliss-reactive ketones (excluding diaryl/α,β-unsaturated/α-hetero) is 2. The number of benzene rings is 1. The molecular formula is C29H36O5. The highest BCUT2D eigenvalue weighted by Gasteiger charge is 2.70. The highest BCUT2D eigenvalue weighted by Crippen LogP contribution is 2.68. The number of esters is 1. The number of ketones is 2. The quantitative estimate of drug-likeness (QED) is 0.505. The van der Waals surface area contributed by atoms with Crippen molar-refractivity contribution in [2.24, 2.45) is 34.5 Å². The van der Waals surface area contributed by atoms with Gasteiger partial charge < -0.3 is 9.84 Å². The molecule has 0 bridgehead atoms. The Morgan fingerprint density at radius 1 is 1.15 bits per heavy atom. The maximum atomic E-state index is 13.5. The van der Waals surface area contributed by atoms with Crippen molar-refractivity contribution in [3.05, 3.63) is 47.5 Å². The van der Waals surface area contributed by atoms with Crippen LogP contribution in [0.2, 0.25) is 0 Å². The fraction of sp³-hybridized carbons (Fsp3) is 0.621.